The molecule has 3 aliphatic rings. The molecule has 14 heavy (non-hydrogen) atoms. The summed E-state index contributed by atoms with van der Waals surface area (Å²) in [7, 11) is 0. The molecule has 3 fully saturated rings. The molecule has 0 N–H and O–H groups in total. The van der Waals surface area contributed by atoms with Crippen LogP contribution in [-0.2, 0) is 0 Å². The molecular formula is C13H25N. The summed E-state index contributed by atoms with van der Waals surface area (Å²) >= 11 is 0. The Morgan fingerprint density at radius 2 is 1.79 bits per heavy atom. The van der Waals surface area contributed by atoms with Gasteiger partial charge in [-0.05, 0) is 37.0 Å². The third-order valence-electron chi connectivity index (χ3n) is 3.88. The first-order valence-corrected chi connectivity index (χ1v) is 6.33. The second kappa shape index (κ2) is 3.84. The fourth-order valence-electron chi connectivity index (χ4n) is 3.45. The second-order valence-corrected chi connectivity index (χ2v) is 6.17. The molecule has 2 bridgehead atoms. The SMILES string of the molecule is CC(C)CC1CC2CC1N2CC(C)C. The van der Waals surface area contributed by atoms with Crippen LogP contribution in [0.1, 0.15) is 47.0 Å². The molecule has 0 aromatic rings. The summed E-state index contributed by atoms with van der Waals surface area (Å²) in [6.45, 7) is 10.7. The standard InChI is InChI=1S/C13H25N/c1-9(2)5-11-6-12-7-13(11)14(12)8-10(3)4/h9-13H,5-8H2,1-4H3. The molecule has 1 saturated carbocycles. The van der Waals surface area contributed by atoms with Crippen molar-refractivity contribution in [2.45, 2.75) is 59.0 Å². The van der Waals surface area contributed by atoms with Crippen molar-refractivity contribution in [2.75, 3.05) is 6.54 Å². The number of hydrogen-bond donors (Lipinski definition) is 0. The minimum Gasteiger partial charge on any atom is -0.297 e. The Balaban J connectivity index is 1.85. The van der Waals surface area contributed by atoms with Gasteiger partial charge in [0.05, 0.1) is 0 Å². The predicted molar refractivity (Wildman–Crippen MR) is 61.3 cm³/mol. The van der Waals surface area contributed by atoms with Crippen LogP contribution in [0.25, 0.3) is 0 Å². The Hall–Kier alpha value is -0.0400. The Labute approximate surface area is 88.9 Å². The summed E-state index contributed by atoms with van der Waals surface area (Å²) in [6.07, 6.45) is 4.45. The number of fused-ring (bicyclic) bond motifs is 1. The van der Waals surface area contributed by atoms with E-state index in [1.165, 1.54) is 25.8 Å². The van der Waals surface area contributed by atoms with E-state index in [0.717, 1.165) is 29.8 Å². The predicted octanol–water partition coefficient (Wildman–Crippen LogP) is 3.15. The first-order chi connectivity index (χ1) is 6.58. The second-order valence-electron chi connectivity index (χ2n) is 6.17. The molecule has 2 aliphatic heterocycles. The number of hydrogen-bond acceptors (Lipinski definition) is 1. The summed E-state index contributed by atoms with van der Waals surface area (Å²) in [5, 5.41) is 0. The third-order valence-corrected chi connectivity index (χ3v) is 3.88. The third kappa shape index (κ3) is 1.84. The van der Waals surface area contributed by atoms with Crippen LogP contribution < -0.4 is 0 Å². The molecule has 1 nitrogen and oxygen atoms in total. The average molecular weight is 195 g/mol. The fraction of sp³-hybridized carbons (Fsp3) is 1.00. The zero-order chi connectivity index (χ0) is 10.3. The molecule has 2 heterocycles. The summed E-state index contributed by atoms with van der Waals surface area (Å²) in [5.74, 6) is 2.76. The van der Waals surface area contributed by atoms with Crippen molar-refractivity contribution in [2.24, 2.45) is 17.8 Å². The summed E-state index contributed by atoms with van der Waals surface area (Å²) in [6, 6.07) is 1.93. The van der Waals surface area contributed by atoms with Crippen LogP contribution >= 0.6 is 0 Å². The van der Waals surface area contributed by atoms with E-state index < -0.39 is 0 Å². The number of rotatable bonds is 4. The van der Waals surface area contributed by atoms with Crippen LogP contribution in [0.3, 0.4) is 0 Å². The van der Waals surface area contributed by atoms with Gasteiger partial charge in [-0.3, -0.25) is 4.90 Å². The highest BCUT2D eigenvalue weighted by atomic mass is 15.3. The minimum atomic E-state index is 0.845. The molecule has 2 saturated heterocycles. The van der Waals surface area contributed by atoms with Gasteiger partial charge in [0.15, 0.2) is 0 Å². The highest BCUT2D eigenvalue weighted by molar-refractivity contribution is 5.05. The maximum absolute atomic E-state index is 2.78. The van der Waals surface area contributed by atoms with E-state index in [4.69, 9.17) is 0 Å². The molecule has 3 atom stereocenters. The van der Waals surface area contributed by atoms with Crippen molar-refractivity contribution in [3.8, 4) is 0 Å². The molecule has 1 heteroatoms. The van der Waals surface area contributed by atoms with Crippen LogP contribution in [0.4, 0.5) is 0 Å². The van der Waals surface area contributed by atoms with E-state index in [1.54, 1.807) is 0 Å². The zero-order valence-corrected chi connectivity index (χ0v) is 10.2. The molecule has 82 valence electrons. The van der Waals surface area contributed by atoms with Crippen molar-refractivity contribution in [1.82, 2.24) is 4.90 Å². The zero-order valence-electron chi connectivity index (χ0n) is 10.2. The highest BCUT2D eigenvalue weighted by Gasteiger charge is 2.50. The summed E-state index contributed by atoms with van der Waals surface area (Å²) in [5.41, 5.74) is 0. The first-order valence-electron chi connectivity index (χ1n) is 6.33. The largest absolute Gasteiger partial charge is 0.297 e. The van der Waals surface area contributed by atoms with E-state index in [9.17, 15) is 0 Å². The van der Waals surface area contributed by atoms with Gasteiger partial charge in [-0.1, -0.05) is 27.7 Å². The van der Waals surface area contributed by atoms with E-state index in [-0.39, 0.29) is 0 Å². The smallest absolute Gasteiger partial charge is 0.0142 e. The van der Waals surface area contributed by atoms with E-state index in [2.05, 4.69) is 32.6 Å². The normalized spacial score (nSPS) is 36.9. The van der Waals surface area contributed by atoms with Crippen molar-refractivity contribution in [3.05, 3.63) is 0 Å². The summed E-state index contributed by atoms with van der Waals surface area (Å²) < 4.78 is 0. The molecule has 3 unspecified atom stereocenters. The first kappa shape index (κ1) is 10.5. The van der Waals surface area contributed by atoms with Crippen LogP contribution in [0, 0.1) is 17.8 Å². The molecule has 0 spiro atoms. The topological polar surface area (TPSA) is 3.24 Å². The van der Waals surface area contributed by atoms with Gasteiger partial charge < -0.3 is 0 Å². The Kier molecular flexibility index (Phi) is 2.88. The van der Waals surface area contributed by atoms with E-state index in [0.29, 0.717) is 0 Å². The van der Waals surface area contributed by atoms with Crippen molar-refractivity contribution in [3.63, 3.8) is 0 Å². The summed E-state index contributed by atoms with van der Waals surface area (Å²) in [4.78, 5) is 2.78. The van der Waals surface area contributed by atoms with Gasteiger partial charge in [-0.25, -0.2) is 0 Å². The minimum absolute atomic E-state index is 0.845. The van der Waals surface area contributed by atoms with Gasteiger partial charge in [0.25, 0.3) is 0 Å². The van der Waals surface area contributed by atoms with Crippen LogP contribution in [-0.4, -0.2) is 23.5 Å². The highest BCUT2D eigenvalue weighted by Crippen LogP contribution is 2.47. The molecule has 3 rings (SSSR count). The van der Waals surface area contributed by atoms with Crippen LogP contribution in [0.15, 0.2) is 0 Å². The molecule has 0 amide bonds. The van der Waals surface area contributed by atoms with Gasteiger partial charge in [-0.2, -0.15) is 0 Å². The maximum atomic E-state index is 2.78. The molecule has 1 aliphatic carbocycles. The monoisotopic (exact) mass is 195 g/mol. The van der Waals surface area contributed by atoms with Crippen molar-refractivity contribution >= 4 is 0 Å². The fourth-order valence-corrected chi connectivity index (χ4v) is 3.45. The quantitative estimate of drug-likeness (QED) is 0.666. The van der Waals surface area contributed by atoms with Crippen LogP contribution in [0.2, 0.25) is 0 Å². The van der Waals surface area contributed by atoms with Crippen molar-refractivity contribution < 1.29 is 0 Å². The maximum Gasteiger partial charge on any atom is 0.0142 e. The van der Waals surface area contributed by atoms with Gasteiger partial charge in [0.2, 0.25) is 0 Å². The van der Waals surface area contributed by atoms with Crippen LogP contribution in [0.5, 0.6) is 0 Å². The van der Waals surface area contributed by atoms with E-state index in [1.807, 2.05) is 0 Å². The Morgan fingerprint density at radius 3 is 2.36 bits per heavy atom. The van der Waals surface area contributed by atoms with Gasteiger partial charge in [0.1, 0.15) is 0 Å². The Bertz CT molecular complexity index is 185. The lowest BCUT2D eigenvalue weighted by Gasteiger charge is -2.43. The lowest BCUT2D eigenvalue weighted by Crippen LogP contribution is -2.51. The molecule has 0 radical (unpaired) electrons. The lowest BCUT2D eigenvalue weighted by atomic mass is 9.92. The van der Waals surface area contributed by atoms with Gasteiger partial charge in [-0.15, -0.1) is 0 Å². The Morgan fingerprint density at radius 1 is 1.07 bits per heavy atom. The van der Waals surface area contributed by atoms with E-state index >= 15 is 0 Å². The molecule has 0 aromatic heterocycles. The van der Waals surface area contributed by atoms with Gasteiger partial charge in [0, 0.05) is 18.6 Å². The number of nitrogens with zero attached hydrogens (tertiary/aromatic N) is 1. The lowest BCUT2D eigenvalue weighted by molar-refractivity contribution is 0.0517. The molecular weight excluding hydrogens is 170 g/mol. The molecule has 0 aromatic carbocycles. The van der Waals surface area contributed by atoms with Crippen molar-refractivity contribution in [1.29, 1.82) is 0 Å². The average Bonchev–Trinajstić information content (AvgIpc) is 2.55. The van der Waals surface area contributed by atoms with Gasteiger partial charge >= 0.3 is 0 Å².